The molecule has 1 rings (SSSR count). The van der Waals surface area contributed by atoms with Crippen molar-refractivity contribution >= 4 is 0 Å². The minimum atomic E-state index is -0.386. The first-order valence-electron chi connectivity index (χ1n) is 5.13. The average Bonchev–Trinajstić information content (AvgIpc) is 2.20. The van der Waals surface area contributed by atoms with Crippen molar-refractivity contribution in [3.05, 3.63) is 29.8 Å². The Morgan fingerprint density at radius 2 is 2.25 bits per heavy atom. The molecule has 3 N–H and O–H groups in total. The lowest BCUT2D eigenvalue weighted by molar-refractivity contribution is -0.0152. The normalized spacial score (nSPS) is 13.8. The van der Waals surface area contributed by atoms with Gasteiger partial charge in [-0.2, -0.15) is 0 Å². The van der Waals surface area contributed by atoms with Gasteiger partial charge in [-0.05, 0) is 26.8 Å². The molecule has 0 amide bonds. The van der Waals surface area contributed by atoms with E-state index in [4.69, 9.17) is 10.6 Å². The fourth-order valence-electron chi connectivity index (χ4n) is 1.23. The Bertz CT molecular complexity index is 338. The molecule has 1 aromatic heterocycles. The molecule has 0 aliphatic carbocycles. The minimum Gasteiger partial charge on any atom is -0.374 e. The lowest BCUT2D eigenvalue weighted by Gasteiger charge is -2.24. The first-order chi connectivity index (χ1) is 7.44. The number of rotatable bonds is 4. The highest BCUT2D eigenvalue weighted by molar-refractivity contribution is 5.17. The molecule has 0 saturated heterocycles. The lowest BCUT2D eigenvalue weighted by Crippen LogP contribution is -2.34. The third-order valence-corrected chi connectivity index (χ3v) is 2.06. The second-order valence-electron chi connectivity index (χ2n) is 4.54. The lowest BCUT2D eigenvalue weighted by atomic mass is 10.1. The fraction of sp³-hybridized carbons (Fsp3) is 0.545. The van der Waals surface area contributed by atoms with Crippen LogP contribution < -0.4 is 11.3 Å². The highest BCUT2D eigenvalue weighted by Gasteiger charge is 2.18. The first kappa shape index (κ1) is 13.0. The van der Waals surface area contributed by atoms with Crippen LogP contribution >= 0.6 is 0 Å². The molecule has 0 aliphatic rings. The molecule has 0 fully saturated rings. The number of halogens is 1. The molecule has 0 aliphatic heterocycles. The van der Waals surface area contributed by atoms with Gasteiger partial charge in [-0.25, -0.2) is 4.39 Å². The van der Waals surface area contributed by atoms with Crippen LogP contribution in [-0.2, 0) is 4.74 Å². The van der Waals surface area contributed by atoms with Crippen LogP contribution in [-0.4, -0.2) is 17.2 Å². The molecule has 0 aromatic carbocycles. The second-order valence-corrected chi connectivity index (χ2v) is 4.54. The topological polar surface area (TPSA) is 60.2 Å². The summed E-state index contributed by atoms with van der Waals surface area (Å²) in [4.78, 5) is 3.69. The largest absolute Gasteiger partial charge is 0.374 e. The maximum Gasteiger partial charge on any atom is 0.146 e. The molecule has 0 saturated carbocycles. The summed E-state index contributed by atoms with van der Waals surface area (Å²) in [6.45, 7) is 6.11. The van der Waals surface area contributed by atoms with Crippen LogP contribution in [0.1, 0.15) is 32.4 Å². The minimum absolute atomic E-state index is 0.279. The summed E-state index contributed by atoms with van der Waals surface area (Å²) in [5.41, 5.74) is 2.72. The predicted octanol–water partition coefficient (Wildman–Crippen LogP) is 1.54. The zero-order valence-corrected chi connectivity index (χ0v) is 9.83. The number of hydrogen-bond donors (Lipinski definition) is 2. The molecule has 1 heterocycles. The van der Waals surface area contributed by atoms with Crippen molar-refractivity contribution in [2.45, 2.75) is 32.4 Å². The van der Waals surface area contributed by atoms with Crippen LogP contribution in [0.25, 0.3) is 0 Å². The number of aromatic nitrogens is 1. The molecule has 5 heteroatoms. The van der Waals surface area contributed by atoms with E-state index >= 15 is 0 Å². The van der Waals surface area contributed by atoms with Crippen molar-refractivity contribution in [3.8, 4) is 0 Å². The van der Waals surface area contributed by atoms with Crippen LogP contribution in [0.3, 0.4) is 0 Å². The summed E-state index contributed by atoms with van der Waals surface area (Å²) < 4.78 is 19.0. The maximum absolute atomic E-state index is 13.4. The smallest absolute Gasteiger partial charge is 0.146 e. The van der Waals surface area contributed by atoms with Crippen LogP contribution in [0, 0.1) is 5.82 Å². The molecule has 4 nitrogen and oxygen atoms in total. The van der Waals surface area contributed by atoms with E-state index in [1.807, 2.05) is 20.8 Å². The van der Waals surface area contributed by atoms with Gasteiger partial charge in [-0.15, -0.1) is 0 Å². The van der Waals surface area contributed by atoms with Gasteiger partial charge in [0.15, 0.2) is 0 Å². The van der Waals surface area contributed by atoms with Gasteiger partial charge in [-0.3, -0.25) is 16.3 Å². The number of nitrogens with two attached hydrogens (primary N) is 1. The molecule has 1 aromatic rings. The summed E-state index contributed by atoms with van der Waals surface area (Å²) in [7, 11) is 0. The second kappa shape index (κ2) is 5.34. The van der Waals surface area contributed by atoms with Crippen molar-refractivity contribution in [3.63, 3.8) is 0 Å². The van der Waals surface area contributed by atoms with E-state index in [0.29, 0.717) is 12.2 Å². The van der Waals surface area contributed by atoms with Gasteiger partial charge < -0.3 is 4.74 Å². The third-order valence-electron chi connectivity index (χ3n) is 2.06. The van der Waals surface area contributed by atoms with E-state index < -0.39 is 0 Å². The van der Waals surface area contributed by atoms with Crippen molar-refractivity contribution in [1.29, 1.82) is 0 Å². The average molecular weight is 227 g/mol. The van der Waals surface area contributed by atoms with Gasteiger partial charge in [0, 0.05) is 11.8 Å². The Morgan fingerprint density at radius 1 is 1.56 bits per heavy atom. The Balaban J connectivity index is 2.72. The Morgan fingerprint density at radius 3 is 2.75 bits per heavy atom. The number of nitrogens with zero attached hydrogens (tertiary/aromatic N) is 1. The standard InChI is InChI=1S/C11H18FN3O/c1-11(2,3)16-7-10(15-13)8-4-5-14-6-9(8)12/h4-6,10,15H,7,13H2,1-3H3. The SMILES string of the molecule is CC(C)(C)OCC(NN)c1ccncc1F. The van der Waals surface area contributed by atoms with Gasteiger partial charge in [0.05, 0.1) is 24.4 Å². The van der Waals surface area contributed by atoms with Crippen LogP contribution in [0.4, 0.5) is 4.39 Å². The number of hydrogen-bond acceptors (Lipinski definition) is 4. The van der Waals surface area contributed by atoms with E-state index in [9.17, 15) is 4.39 Å². The Kier molecular flexibility index (Phi) is 4.35. The van der Waals surface area contributed by atoms with E-state index in [0.717, 1.165) is 6.20 Å². The number of nitrogens with one attached hydrogen (secondary N) is 1. The molecule has 0 spiro atoms. The molecular formula is C11H18FN3O. The molecule has 0 radical (unpaired) electrons. The highest BCUT2D eigenvalue weighted by Crippen LogP contribution is 2.18. The zero-order chi connectivity index (χ0) is 12.2. The molecule has 0 bridgehead atoms. The van der Waals surface area contributed by atoms with Crippen LogP contribution in [0.15, 0.2) is 18.5 Å². The molecule has 16 heavy (non-hydrogen) atoms. The van der Waals surface area contributed by atoms with Crippen molar-refractivity contribution in [2.24, 2.45) is 5.84 Å². The van der Waals surface area contributed by atoms with Gasteiger partial charge in [0.25, 0.3) is 0 Å². The zero-order valence-electron chi connectivity index (χ0n) is 9.83. The number of pyridine rings is 1. The van der Waals surface area contributed by atoms with Crippen molar-refractivity contribution in [2.75, 3.05) is 6.61 Å². The maximum atomic E-state index is 13.4. The Labute approximate surface area is 95.0 Å². The monoisotopic (exact) mass is 227 g/mol. The molecule has 90 valence electrons. The van der Waals surface area contributed by atoms with Gasteiger partial charge in [0.1, 0.15) is 5.82 Å². The van der Waals surface area contributed by atoms with E-state index in [-0.39, 0.29) is 17.5 Å². The van der Waals surface area contributed by atoms with E-state index in [1.165, 1.54) is 6.20 Å². The third kappa shape index (κ3) is 3.84. The van der Waals surface area contributed by atoms with E-state index in [1.54, 1.807) is 6.07 Å². The quantitative estimate of drug-likeness (QED) is 0.605. The summed E-state index contributed by atoms with van der Waals surface area (Å²) in [6.07, 6.45) is 2.69. The molecule has 1 atom stereocenters. The first-order valence-corrected chi connectivity index (χ1v) is 5.13. The summed E-state index contributed by atoms with van der Waals surface area (Å²) >= 11 is 0. The van der Waals surface area contributed by atoms with Crippen molar-refractivity contribution < 1.29 is 9.13 Å². The van der Waals surface area contributed by atoms with Crippen LogP contribution in [0.2, 0.25) is 0 Å². The fourth-order valence-corrected chi connectivity index (χ4v) is 1.23. The summed E-state index contributed by atoms with van der Waals surface area (Å²) in [5.74, 6) is 5.00. The number of hydrazine groups is 1. The predicted molar refractivity (Wildman–Crippen MR) is 60.0 cm³/mol. The Hall–Kier alpha value is -1.04. The highest BCUT2D eigenvalue weighted by atomic mass is 19.1. The van der Waals surface area contributed by atoms with Gasteiger partial charge in [0.2, 0.25) is 0 Å². The summed E-state index contributed by atoms with van der Waals surface area (Å²) in [5, 5.41) is 0. The van der Waals surface area contributed by atoms with Crippen molar-refractivity contribution in [1.82, 2.24) is 10.4 Å². The number of ether oxygens (including phenoxy) is 1. The summed E-state index contributed by atoms with van der Waals surface area (Å²) in [6, 6.07) is 1.22. The molecule has 1 unspecified atom stereocenters. The van der Waals surface area contributed by atoms with Gasteiger partial charge in [-0.1, -0.05) is 0 Å². The van der Waals surface area contributed by atoms with Gasteiger partial charge >= 0.3 is 0 Å². The van der Waals surface area contributed by atoms with Crippen LogP contribution in [0.5, 0.6) is 0 Å². The van der Waals surface area contributed by atoms with E-state index in [2.05, 4.69) is 10.4 Å². The molecular weight excluding hydrogens is 209 g/mol.